The first-order valence-electron chi connectivity index (χ1n) is 10.1. The van der Waals surface area contributed by atoms with Gasteiger partial charge in [0.25, 0.3) is 11.7 Å². The van der Waals surface area contributed by atoms with E-state index in [1.807, 2.05) is 6.92 Å². The summed E-state index contributed by atoms with van der Waals surface area (Å²) in [6, 6.07) is 16.2. The molecule has 1 N–H and O–H groups in total. The lowest BCUT2D eigenvalue weighted by molar-refractivity contribution is -0.132. The fourth-order valence-electron chi connectivity index (χ4n) is 3.75. The van der Waals surface area contributed by atoms with E-state index < -0.39 is 17.7 Å². The van der Waals surface area contributed by atoms with E-state index in [-0.39, 0.29) is 11.3 Å². The first-order valence-corrected chi connectivity index (χ1v) is 10.1. The van der Waals surface area contributed by atoms with Gasteiger partial charge in [-0.05, 0) is 55.0 Å². The second-order valence-corrected chi connectivity index (χ2v) is 7.11. The van der Waals surface area contributed by atoms with E-state index in [2.05, 4.69) is 4.98 Å². The molecule has 2 heterocycles. The maximum absolute atomic E-state index is 13.1. The Hall–Kier alpha value is -4.13. The Morgan fingerprint density at radius 3 is 2.50 bits per heavy atom. The number of aliphatic hydroxyl groups excluding tert-OH is 1. The number of nitrogens with zero attached hydrogens (tertiary/aromatic N) is 2. The molecule has 1 aromatic heterocycles. The molecule has 162 valence electrons. The highest BCUT2D eigenvalue weighted by atomic mass is 16.5. The molecular weight excluding hydrogens is 408 g/mol. The van der Waals surface area contributed by atoms with Gasteiger partial charge >= 0.3 is 0 Å². The molecule has 7 heteroatoms. The van der Waals surface area contributed by atoms with Gasteiger partial charge in [0.2, 0.25) is 0 Å². The molecule has 1 aliphatic rings. The molecule has 0 aliphatic carbocycles. The predicted octanol–water partition coefficient (Wildman–Crippen LogP) is 4.12. The largest absolute Gasteiger partial charge is 0.507 e. The molecule has 32 heavy (non-hydrogen) atoms. The Balaban J connectivity index is 1.88. The Morgan fingerprint density at radius 1 is 1.06 bits per heavy atom. The summed E-state index contributed by atoms with van der Waals surface area (Å²) in [6.07, 6.45) is 3.19. The number of hydrogen-bond donors (Lipinski definition) is 1. The topological polar surface area (TPSA) is 89.0 Å². The van der Waals surface area contributed by atoms with Gasteiger partial charge in [-0.1, -0.05) is 18.2 Å². The van der Waals surface area contributed by atoms with Crippen LogP contribution in [0.1, 0.15) is 24.1 Å². The van der Waals surface area contributed by atoms with Crippen molar-refractivity contribution < 1.29 is 24.2 Å². The highest BCUT2D eigenvalue weighted by molar-refractivity contribution is 6.51. The van der Waals surface area contributed by atoms with Gasteiger partial charge in [0.1, 0.15) is 17.3 Å². The number of Topliss-reactive ketones (excluding diaryl/α,β-unsaturated/α-hetero) is 1. The van der Waals surface area contributed by atoms with Crippen molar-refractivity contribution in [3.05, 3.63) is 89.8 Å². The van der Waals surface area contributed by atoms with Crippen LogP contribution in [0.4, 0.5) is 5.69 Å². The summed E-state index contributed by atoms with van der Waals surface area (Å²) in [5, 5.41) is 11.1. The maximum Gasteiger partial charge on any atom is 0.300 e. The van der Waals surface area contributed by atoms with Crippen LogP contribution in [0.2, 0.25) is 0 Å². The van der Waals surface area contributed by atoms with Crippen LogP contribution in [-0.4, -0.2) is 35.5 Å². The van der Waals surface area contributed by atoms with Crippen LogP contribution in [0.25, 0.3) is 5.76 Å². The van der Waals surface area contributed by atoms with Crippen LogP contribution in [0.15, 0.2) is 78.6 Å². The van der Waals surface area contributed by atoms with Gasteiger partial charge in [0, 0.05) is 23.6 Å². The zero-order chi connectivity index (χ0) is 22.7. The number of pyridine rings is 1. The molecule has 2 aromatic carbocycles. The highest BCUT2D eigenvalue weighted by Gasteiger charge is 2.47. The van der Waals surface area contributed by atoms with Crippen LogP contribution < -0.4 is 14.4 Å². The van der Waals surface area contributed by atoms with Crippen molar-refractivity contribution in [1.29, 1.82) is 0 Å². The monoisotopic (exact) mass is 430 g/mol. The lowest BCUT2D eigenvalue weighted by atomic mass is 9.96. The summed E-state index contributed by atoms with van der Waals surface area (Å²) in [6.45, 7) is 2.40. The van der Waals surface area contributed by atoms with E-state index >= 15 is 0 Å². The molecule has 1 amide bonds. The number of benzene rings is 2. The lowest BCUT2D eigenvalue weighted by Gasteiger charge is -2.25. The van der Waals surface area contributed by atoms with Crippen molar-refractivity contribution in [2.75, 3.05) is 18.6 Å². The van der Waals surface area contributed by atoms with Crippen molar-refractivity contribution in [3.63, 3.8) is 0 Å². The lowest BCUT2D eigenvalue weighted by Crippen LogP contribution is -2.29. The Labute approximate surface area is 185 Å². The molecule has 1 fully saturated rings. The van der Waals surface area contributed by atoms with Crippen LogP contribution in [0, 0.1) is 0 Å². The van der Waals surface area contributed by atoms with E-state index in [0.29, 0.717) is 34.9 Å². The number of ether oxygens (including phenoxy) is 2. The molecule has 1 saturated heterocycles. The maximum atomic E-state index is 13.1. The number of amides is 1. The molecule has 0 radical (unpaired) electrons. The zero-order valence-corrected chi connectivity index (χ0v) is 17.7. The smallest absolute Gasteiger partial charge is 0.300 e. The quantitative estimate of drug-likeness (QED) is 0.360. The summed E-state index contributed by atoms with van der Waals surface area (Å²) in [5.41, 5.74) is 1.48. The third-order valence-electron chi connectivity index (χ3n) is 5.21. The van der Waals surface area contributed by atoms with Crippen LogP contribution >= 0.6 is 0 Å². The van der Waals surface area contributed by atoms with Crippen molar-refractivity contribution in [3.8, 4) is 11.5 Å². The minimum absolute atomic E-state index is 0.00913. The molecule has 0 saturated carbocycles. The van der Waals surface area contributed by atoms with Gasteiger partial charge in [-0.3, -0.25) is 19.5 Å². The number of hydrogen-bond acceptors (Lipinski definition) is 6. The van der Waals surface area contributed by atoms with Gasteiger partial charge in [-0.2, -0.15) is 0 Å². The Morgan fingerprint density at radius 2 is 1.84 bits per heavy atom. The van der Waals surface area contributed by atoms with Crippen molar-refractivity contribution >= 4 is 23.1 Å². The third kappa shape index (κ3) is 3.80. The van der Waals surface area contributed by atoms with Crippen molar-refractivity contribution in [1.82, 2.24) is 4.98 Å². The first-order chi connectivity index (χ1) is 15.5. The average Bonchev–Trinajstić information content (AvgIpc) is 3.10. The summed E-state index contributed by atoms with van der Waals surface area (Å²) < 4.78 is 10.7. The number of methoxy groups -OCH3 is 1. The van der Waals surface area contributed by atoms with E-state index in [0.717, 1.165) is 0 Å². The van der Waals surface area contributed by atoms with Crippen molar-refractivity contribution in [2.45, 2.75) is 13.0 Å². The molecular formula is C25H22N2O5. The molecule has 0 spiro atoms. The van der Waals surface area contributed by atoms with Crippen molar-refractivity contribution in [2.24, 2.45) is 0 Å². The minimum Gasteiger partial charge on any atom is -0.507 e. The second kappa shape index (κ2) is 8.93. The fraction of sp³-hybridized carbons (Fsp3) is 0.160. The van der Waals surface area contributed by atoms with Crippen LogP contribution in [-0.2, 0) is 9.59 Å². The fourth-order valence-corrected chi connectivity index (χ4v) is 3.75. The standard InChI is InChI=1S/C25H22N2O5/c1-3-32-19-11-9-18(10-12-19)27-22(17-7-5-13-26-15-17)21(24(29)25(27)30)23(28)16-6-4-8-20(14-16)31-2/h4-15,22,28H,3H2,1-2H3/b23-21-. The number of aromatic nitrogens is 1. The summed E-state index contributed by atoms with van der Waals surface area (Å²) in [4.78, 5) is 31.8. The van der Waals surface area contributed by atoms with Gasteiger partial charge < -0.3 is 14.6 Å². The third-order valence-corrected chi connectivity index (χ3v) is 5.21. The van der Waals surface area contributed by atoms with E-state index in [1.165, 1.54) is 12.0 Å². The normalized spacial score (nSPS) is 17.4. The summed E-state index contributed by atoms with van der Waals surface area (Å²) in [7, 11) is 1.51. The average molecular weight is 430 g/mol. The van der Waals surface area contributed by atoms with Gasteiger partial charge in [-0.25, -0.2) is 0 Å². The second-order valence-electron chi connectivity index (χ2n) is 7.11. The van der Waals surface area contributed by atoms with Gasteiger partial charge in [-0.15, -0.1) is 0 Å². The summed E-state index contributed by atoms with van der Waals surface area (Å²) in [5.74, 6) is -0.597. The molecule has 0 bridgehead atoms. The number of carbonyl (C=O) groups excluding carboxylic acids is 2. The number of anilines is 1. The SMILES string of the molecule is CCOc1ccc(N2C(=O)C(=O)/C(=C(\O)c3cccc(OC)c3)C2c2cccnc2)cc1. The van der Waals surface area contributed by atoms with E-state index in [1.54, 1.807) is 73.1 Å². The van der Waals surface area contributed by atoms with Gasteiger partial charge in [0.15, 0.2) is 0 Å². The molecule has 4 rings (SSSR count). The highest BCUT2D eigenvalue weighted by Crippen LogP contribution is 2.42. The number of aliphatic hydroxyl groups is 1. The first kappa shape index (κ1) is 21.1. The van der Waals surface area contributed by atoms with Gasteiger partial charge in [0.05, 0.1) is 25.3 Å². The van der Waals surface area contributed by atoms with E-state index in [9.17, 15) is 14.7 Å². The Kier molecular flexibility index (Phi) is 5.89. The Bertz CT molecular complexity index is 1170. The van der Waals surface area contributed by atoms with Crippen LogP contribution in [0.3, 0.4) is 0 Å². The molecule has 1 aliphatic heterocycles. The van der Waals surface area contributed by atoms with E-state index in [4.69, 9.17) is 9.47 Å². The summed E-state index contributed by atoms with van der Waals surface area (Å²) >= 11 is 0. The molecule has 1 unspecified atom stereocenters. The predicted molar refractivity (Wildman–Crippen MR) is 120 cm³/mol. The molecule has 7 nitrogen and oxygen atoms in total. The van der Waals surface area contributed by atoms with Crippen LogP contribution in [0.5, 0.6) is 11.5 Å². The zero-order valence-electron chi connectivity index (χ0n) is 17.7. The number of ketones is 1. The molecule has 1 atom stereocenters. The number of carbonyl (C=O) groups is 2. The minimum atomic E-state index is -0.840. The molecule has 3 aromatic rings. The number of rotatable bonds is 6.